The molecular weight excluding hydrogens is 1030 g/mol. The number of fused-ring (bicyclic) bond motifs is 1. The molecule has 1 radical (unpaired) electrons. The average Bonchev–Trinajstić information content (AvgIpc) is 3.16. The predicted molar refractivity (Wildman–Crippen MR) is 219 cm³/mol. The SMILES string of the molecule is CCC(CC)C(=O)/C=C(\O)C(CC)CC.COc1cc[c]([Bi]([c]2ccc(OC)cc2)[c]2ccnc(-c3[c-]c4ccccc4c(C(C)(C)C)c3)c2)cc1.[Ir]. The Balaban J connectivity index is 0.000000403. The Morgan fingerprint density at radius 1 is 0.774 bits per heavy atom. The first-order chi connectivity index (χ1) is 25.0. The zero-order valence-electron chi connectivity index (χ0n) is 32.7. The van der Waals surface area contributed by atoms with Crippen molar-refractivity contribution in [1.82, 2.24) is 4.98 Å². The van der Waals surface area contributed by atoms with Crippen molar-refractivity contribution in [1.29, 1.82) is 0 Å². The first kappa shape index (κ1) is 44.0. The van der Waals surface area contributed by atoms with E-state index in [9.17, 15) is 9.90 Å². The molecule has 0 atom stereocenters. The molecule has 5 aromatic rings. The summed E-state index contributed by atoms with van der Waals surface area (Å²) >= 11 is -2.63. The van der Waals surface area contributed by atoms with Crippen LogP contribution in [0.25, 0.3) is 22.0 Å². The largest absolute Gasteiger partial charge is 0 e. The van der Waals surface area contributed by atoms with Crippen LogP contribution in [0.3, 0.4) is 0 Å². The number of carbonyl (C=O) groups is 1. The number of aromatic nitrogens is 1. The molecule has 0 aliphatic rings. The van der Waals surface area contributed by atoms with Crippen LogP contribution in [0.4, 0.5) is 0 Å². The minimum atomic E-state index is -2.63. The quantitative estimate of drug-likeness (QED) is 0.0552. The van der Waals surface area contributed by atoms with E-state index in [2.05, 4.69) is 118 Å². The van der Waals surface area contributed by atoms with Gasteiger partial charge in [0.15, 0.2) is 5.78 Å². The molecule has 4 aromatic carbocycles. The van der Waals surface area contributed by atoms with Crippen molar-refractivity contribution >= 4 is 48.1 Å². The summed E-state index contributed by atoms with van der Waals surface area (Å²) in [5, 5.41) is 12.1. The van der Waals surface area contributed by atoms with Crippen LogP contribution in [-0.4, -0.2) is 51.8 Å². The predicted octanol–water partition coefficient (Wildman–Crippen LogP) is 9.40. The summed E-state index contributed by atoms with van der Waals surface area (Å²) in [4.78, 5) is 16.5. The van der Waals surface area contributed by atoms with Crippen molar-refractivity contribution in [3.63, 3.8) is 0 Å². The second-order valence-corrected chi connectivity index (χ2v) is 22.7. The van der Waals surface area contributed by atoms with Crippen LogP contribution in [0.15, 0.2) is 109 Å². The number of benzene rings is 4. The summed E-state index contributed by atoms with van der Waals surface area (Å²) in [7, 11) is 3.42. The second kappa shape index (κ2) is 20.9. The number of carbonyl (C=O) groups excluding carboxylic acids is 1. The van der Waals surface area contributed by atoms with E-state index in [0.717, 1.165) is 53.8 Å². The van der Waals surface area contributed by atoms with E-state index in [-0.39, 0.29) is 48.9 Å². The summed E-state index contributed by atoms with van der Waals surface area (Å²) in [6.45, 7) is 14.9. The third-order valence-electron chi connectivity index (χ3n) is 9.60. The summed E-state index contributed by atoms with van der Waals surface area (Å²) in [6, 6.07) is 36.1. The fraction of sp³-hybridized carbons (Fsp3) is 0.348. The van der Waals surface area contributed by atoms with Gasteiger partial charge in [-0.25, -0.2) is 0 Å². The average molecular weight is 1090 g/mol. The molecule has 5 rings (SSSR count). The number of ether oxygens (including phenoxy) is 2. The van der Waals surface area contributed by atoms with Gasteiger partial charge in [-0.05, 0) is 25.7 Å². The number of aliphatic hydroxyl groups excluding tert-OH is 1. The van der Waals surface area contributed by atoms with Crippen LogP contribution in [0.1, 0.15) is 79.7 Å². The molecule has 53 heavy (non-hydrogen) atoms. The van der Waals surface area contributed by atoms with Crippen LogP contribution in [0.2, 0.25) is 0 Å². The topological polar surface area (TPSA) is 68.7 Å². The molecule has 0 aliphatic heterocycles. The second-order valence-electron chi connectivity index (χ2n) is 14.0. The Kier molecular flexibility index (Phi) is 17.4. The van der Waals surface area contributed by atoms with Gasteiger partial charge in [0.05, 0.1) is 5.76 Å². The zero-order chi connectivity index (χ0) is 37.8. The van der Waals surface area contributed by atoms with E-state index < -0.39 is 21.8 Å². The number of ketones is 1. The fourth-order valence-corrected chi connectivity index (χ4v) is 15.2. The molecule has 1 aromatic heterocycles. The van der Waals surface area contributed by atoms with Crippen molar-refractivity contribution < 1.29 is 39.5 Å². The standard InChI is InChI=1S/C19H17N.C13H24O2.2C7H7O.Bi.Ir/c1-19(2,3)17-13-15(18-10-6-7-11-20-18)12-14-8-4-5-9-16(14)17;1-5-10(6-2)12(14)9-13(15)11(7-3)8-4;2*1-8-7-5-3-2-4-6-7;;/h4-5,7-11,13H,1-3H3;9-11,14H,5-8H2,1-4H3;2*3-6H,1H3;;/q-1;;;;;/b;12-9-;;;;. The molecule has 5 nitrogen and oxygen atoms in total. The number of hydrogen-bond acceptors (Lipinski definition) is 5. The van der Waals surface area contributed by atoms with Crippen molar-refractivity contribution in [2.45, 2.75) is 79.6 Å². The van der Waals surface area contributed by atoms with E-state index in [1.165, 1.54) is 26.8 Å². The Labute approximate surface area is 339 Å². The van der Waals surface area contributed by atoms with Gasteiger partial charge in [-0.2, -0.15) is 0 Å². The molecule has 7 heteroatoms. The molecule has 0 fully saturated rings. The molecule has 0 unspecified atom stereocenters. The van der Waals surface area contributed by atoms with Gasteiger partial charge in [-0.3, -0.25) is 4.79 Å². The summed E-state index contributed by atoms with van der Waals surface area (Å²) < 4.78 is 15.0. The Morgan fingerprint density at radius 3 is 1.79 bits per heavy atom. The Bertz CT molecular complexity index is 1880. The van der Waals surface area contributed by atoms with Crippen LogP contribution in [0, 0.1) is 17.9 Å². The first-order valence-electron chi connectivity index (χ1n) is 18.4. The van der Waals surface area contributed by atoms with E-state index in [0.29, 0.717) is 0 Å². The molecule has 0 saturated carbocycles. The number of aliphatic hydroxyl groups is 1. The van der Waals surface area contributed by atoms with Crippen molar-refractivity contribution in [2.24, 2.45) is 11.8 Å². The van der Waals surface area contributed by atoms with E-state index >= 15 is 0 Å². The summed E-state index contributed by atoms with van der Waals surface area (Å²) in [5.41, 5.74) is 3.33. The smallest absolute Gasteiger partial charge is 0 e. The number of methoxy groups -OCH3 is 2. The molecule has 0 bridgehead atoms. The minimum absolute atomic E-state index is 0. The van der Waals surface area contributed by atoms with Crippen LogP contribution < -0.4 is 19.3 Å². The fourth-order valence-electron chi connectivity index (χ4n) is 6.38. The van der Waals surface area contributed by atoms with Gasteiger partial charge >= 0.3 is 229 Å². The maximum absolute atomic E-state index is 11.7. The van der Waals surface area contributed by atoms with E-state index in [1.807, 2.05) is 33.9 Å². The molecule has 0 spiro atoms. The molecule has 0 amide bonds. The van der Waals surface area contributed by atoms with Gasteiger partial charge in [-0.15, -0.1) is 0 Å². The molecule has 0 saturated heterocycles. The van der Waals surface area contributed by atoms with E-state index in [4.69, 9.17) is 14.5 Å². The molecule has 0 aliphatic carbocycles. The van der Waals surface area contributed by atoms with Gasteiger partial charge in [-0.1, -0.05) is 27.7 Å². The maximum atomic E-state index is 11.7. The number of rotatable bonds is 13. The monoisotopic (exact) mass is 1090 g/mol. The van der Waals surface area contributed by atoms with Crippen LogP contribution >= 0.6 is 0 Å². The molecular formula is C46H55BiIrNO4-. The Hall–Kier alpha value is -3.37. The molecule has 1 heterocycles. The number of hydrogen-bond donors (Lipinski definition) is 1. The van der Waals surface area contributed by atoms with Crippen LogP contribution in [-0.2, 0) is 30.3 Å². The zero-order valence-corrected chi connectivity index (χ0v) is 38.6. The molecule has 1 N–H and O–H groups in total. The van der Waals surface area contributed by atoms with Gasteiger partial charge in [0, 0.05) is 38.0 Å². The van der Waals surface area contributed by atoms with Gasteiger partial charge in [0.25, 0.3) is 0 Å². The van der Waals surface area contributed by atoms with Crippen molar-refractivity contribution in [2.75, 3.05) is 14.2 Å². The summed E-state index contributed by atoms with van der Waals surface area (Å²) in [5.74, 6) is 2.29. The van der Waals surface area contributed by atoms with Crippen LogP contribution in [0.5, 0.6) is 11.5 Å². The van der Waals surface area contributed by atoms with Crippen molar-refractivity contribution in [3.8, 4) is 22.8 Å². The number of allylic oxidation sites excluding steroid dienone is 2. The maximum Gasteiger partial charge on any atom is 0 e. The summed E-state index contributed by atoms with van der Waals surface area (Å²) in [6.07, 6.45) is 6.86. The van der Waals surface area contributed by atoms with Gasteiger partial charge in [0.1, 0.15) is 0 Å². The molecule has 283 valence electrons. The van der Waals surface area contributed by atoms with Gasteiger partial charge in [0.2, 0.25) is 0 Å². The Morgan fingerprint density at radius 2 is 1.30 bits per heavy atom. The first-order valence-corrected chi connectivity index (χ1v) is 23.6. The number of pyridine rings is 1. The minimum Gasteiger partial charge on any atom is 0 e. The third kappa shape index (κ3) is 11.6. The van der Waals surface area contributed by atoms with Gasteiger partial charge < -0.3 is 5.11 Å². The van der Waals surface area contributed by atoms with Crippen molar-refractivity contribution in [3.05, 3.63) is 121 Å². The third-order valence-corrected chi connectivity index (χ3v) is 19.0. The van der Waals surface area contributed by atoms with E-state index in [1.54, 1.807) is 14.2 Å². The normalized spacial score (nSPS) is 11.7. The number of nitrogens with zero attached hydrogens (tertiary/aromatic N) is 1.